The zero-order valence-electron chi connectivity index (χ0n) is 11.4. The summed E-state index contributed by atoms with van der Waals surface area (Å²) in [4.78, 5) is 1.09. The van der Waals surface area contributed by atoms with Crippen molar-refractivity contribution in [2.24, 2.45) is 0 Å². The molecule has 0 saturated heterocycles. The number of benzene rings is 1. The molecular weight excluding hydrogens is 318 g/mol. The van der Waals surface area contributed by atoms with Gasteiger partial charge in [0.2, 0.25) is 0 Å². The Bertz CT molecular complexity index is 728. The van der Waals surface area contributed by atoms with Gasteiger partial charge in [-0.3, -0.25) is 9.11 Å². The summed E-state index contributed by atoms with van der Waals surface area (Å²) < 4.78 is 65.3. The molecule has 2 unspecified atom stereocenters. The van der Waals surface area contributed by atoms with Crippen molar-refractivity contribution < 1.29 is 25.9 Å². The third-order valence-corrected chi connectivity index (χ3v) is 5.74. The Hall–Kier alpha value is -1.16. The minimum atomic E-state index is -4.50. The Morgan fingerprint density at radius 2 is 1.86 bits per heavy atom. The zero-order chi connectivity index (χ0) is 15.8. The SMILES string of the molecule is CCCC(N1c2ccccc2CC1S(=O)(=O)O)S(=O)(=O)O. The van der Waals surface area contributed by atoms with Crippen molar-refractivity contribution >= 4 is 25.9 Å². The van der Waals surface area contributed by atoms with Gasteiger partial charge in [0.1, 0.15) is 0 Å². The molecule has 0 radical (unpaired) electrons. The molecular formula is C12H17NO6S2. The monoisotopic (exact) mass is 335 g/mol. The standard InChI is InChI=1S/C12H17NO6S2/c1-2-5-11(20(14,15)16)13-10-7-4-3-6-9(10)8-12(13)21(17,18)19/h3-4,6-7,11-12H,2,5,8H2,1H3,(H,14,15,16)(H,17,18,19). The Morgan fingerprint density at radius 1 is 1.24 bits per heavy atom. The van der Waals surface area contributed by atoms with E-state index in [9.17, 15) is 25.9 Å². The normalized spacial score (nSPS) is 20.3. The minimum absolute atomic E-state index is 0.0231. The van der Waals surface area contributed by atoms with Gasteiger partial charge in [-0.05, 0) is 18.1 Å². The van der Waals surface area contributed by atoms with Gasteiger partial charge in [0, 0.05) is 12.1 Å². The lowest BCUT2D eigenvalue weighted by Crippen LogP contribution is -2.48. The molecule has 1 heterocycles. The molecule has 0 bridgehead atoms. The zero-order valence-corrected chi connectivity index (χ0v) is 13.0. The third kappa shape index (κ3) is 3.20. The fourth-order valence-corrected chi connectivity index (χ4v) is 4.74. The Morgan fingerprint density at radius 3 is 2.38 bits per heavy atom. The van der Waals surface area contributed by atoms with Crippen molar-refractivity contribution in [3.8, 4) is 0 Å². The van der Waals surface area contributed by atoms with Gasteiger partial charge in [-0.15, -0.1) is 0 Å². The predicted octanol–water partition coefficient (Wildman–Crippen LogP) is 1.28. The van der Waals surface area contributed by atoms with E-state index in [2.05, 4.69) is 0 Å². The maximum atomic E-state index is 11.6. The van der Waals surface area contributed by atoms with Crippen LogP contribution in [-0.2, 0) is 26.7 Å². The van der Waals surface area contributed by atoms with Crippen molar-refractivity contribution in [3.05, 3.63) is 29.8 Å². The van der Waals surface area contributed by atoms with Gasteiger partial charge in [0.25, 0.3) is 20.2 Å². The average Bonchev–Trinajstić information content (AvgIpc) is 2.73. The van der Waals surface area contributed by atoms with Gasteiger partial charge in [-0.2, -0.15) is 16.8 Å². The molecule has 9 heteroatoms. The van der Waals surface area contributed by atoms with E-state index in [1.54, 1.807) is 31.2 Å². The van der Waals surface area contributed by atoms with E-state index >= 15 is 0 Å². The van der Waals surface area contributed by atoms with Crippen LogP contribution in [0.1, 0.15) is 25.3 Å². The molecule has 0 spiro atoms. The van der Waals surface area contributed by atoms with E-state index < -0.39 is 31.0 Å². The van der Waals surface area contributed by atoms with Crippen LogP contribution in [0.4, 0.5) is 5.69 Å². The lowest BCUT2D eigenvalue weighted by Gasteiger charge is -2.31. The smallest absolute Gasteiger partial charge is 0.286 e. The highest BCUT2D eigenvalue weighted by Crippen LogP contribution is 2.37. The molecule has 1 aromatic rings. The number of hydrogen-bond acceptors (Lipinski definition) is 5. The molecule has 0 fully saturated rings. The molecule has 0 aromatic heterocycles. The first-order chi connectivity index (χ1) is 9.66. The highest BCUT2D eigenvalue weighted by Gasteiger charge is 2.44. The number of para-hydroxylation sites is 1. The number of anilines is 1. The largest absolute Gasteiger partial charge is 0.333 e. The van der Waals surface area contributed by atoms with E-state index in [4.69, 9.17) is 0 Å². The first-order valence-electron chi connectivity index (χ1n) is 6.45. The third-order valence-electron chi connectivity index (χ3n) is 3.51. The van der Waals surface area contributed by atoms with E-state index in [1.165, 1.54) is 0 Å². The topological polar surface area (TPSA) is 112 Å². The van der Waals surface area contributed by atoms with Gasteiger partial charge < -0.3 is 4.90 Å². The van der Waals surface area contributed by atoms with Crippen molar-refractivity contribution in [2.45, 2.75) is 36.9 Å². The van der Waals surface area contributed by atoms with Crippen LogP contribution >= 0.6 is 0 Å². The summed E-state index contributed by atoms with van der Waals surface area (Å²) in [6.07, 6.45) is 0.464. The summed E-state index contributed by atoms with van der Waals surface area (Å²) in [7, 11) is -8.99. The van der Waals surface area contributed by atoms with Gasteiger partial charge in [-0.25, -0.2) is 0 Å². The number of nitrogens with zero attached hydrogens (tertiary/aromatic N) is 1. The fraction of sp³-hybridized carbons (Fsp3) is 0.500. The van der Waals surface area contributed by atoms with Crippen molar-refractivity contribution in [2.75, 3.05) is 4.90 Å². The van der Waals surface area contributed by atoms with Crippen molar-refractivity contribution in [1.29, 1.82) is 0 Å². The first-order valence-corrected chi connectivity index (χ1v) is 9.45. The van der Waals surface area contributed by atoms with Crippen molar-refractivity contribution in [1.82, 2.24) is 0 Å². The summed E-state index contributed by atoms with van der Waals surface area (Å²) in [5.41, 5.74) is 1.01. The molecule has 0 aliphatic carbocycles. The Labute approximate surface area is 124 Å². The summed E-state index contributed by atoms with van der Waals surface area (Å²) in [6.45, 7) is 1.72. The highest BCUT2D eigenvalue weighted by atomic mass is 32.2. The lowest BCUT2D eigenvalue weighted by molar-refractivity contribution is 0.442. The summed E-state index contributed by atoms with van der Waals surface area (Å²) in [5.74, 6) is 0. The number of rotatable bonds is 5. The second-order valence-electron chi connectivity index (χ2n) is 4.97. The van der Waals surface area contributed by atoms with E-state index in [0.717, 1.165) is 4.90 Å². The van der Waals surface area contributed by atoms with Crippen LogP contribution < -0.4 is 4.90 Å². The molecule has 7 nitrogen and oxygen atoms in total. The van der Waals surface area contributed by atoms with Crippen LogP contribution in [0.3, 0.4) is 0 Å². The van der Waals surface area contributed by atoms with Crippen LogP contribution in [0.15, 0.2) is 24.3 Å². The summed E-state index contributed by atoms with van der Waals surface area (Å²) in [5, 5.41) is -2.81. The highest BCUT2D eigenvalue weighted by molar-refractivity contribution is 7.87. The van der Waals surface area contributed by atoms with Gasteiger partial charge in [0.05, 0.1) is 0 Å². The van der Waals surface area contributed by atoms with Crippen LogP contribution in [0, 0.1) is 0 Å². The number of fused-ring (bicyclic) bond motifs is 1. The molecule has 21 heavy (non-hydrogen) atoms. The van der Waals surface area contributed by atoms with Crippen LogP contribution in [0.2, 0.25) is 0 Å². The molecule has 118 valence electrons. The fourth-order valence-electron chi connectivity index (χ4n) is 2.64. The van der Waals surface area contributed by atoms with E-state index in [-0.39, 0.29) is 12.8 Å². The molecule has 2 rings (SSSR count). The van der Waals surface area contributed by atoms with Gasteiger partial charge >= 0.3 is 0 Å². The average molecular weight is 335 g/mol. The Kier molecular flexibility index (Phi) is 4.29. The second-order valence-corrected chi connectivity index (χ2v) is 8.12. The molecule has 2 atom stereocenters. The van der Waals surface area contributed by atoms with Crippen LogP contribution in [0.5, 0.6) is 0 Å². The molecule has 1 aliphatic heterocycles. The molecule has 0 amide bonds. The summed E-state index contributed by atoms with van der Waals surface area (Å²) in [6, 6.07) is 6.59. The van der Waals surface area contributed by atoms with E-state index in [0.29, 0.717) is 17.7 Å². The minimum Gasteiger partial charge on any atom is -0.333 e. The predicted molar refractivity (Wildman–Crippen MR) is 78.2 cm³/mol. The lowest BCUT2D eigenvalue weighted by atomic mass is 10.2. The molecule has 0 saturated carbocycles. The second kappa shape index (κ2) is 5.56. The van der Waals surface area contributed by atoms with Gasteiger partial charge in [0.15, 0.2) is 10.7 Å². The quantitative estimate of drug-likeness (QED) is 0.779. The van der Waals surface area contributed by atoms with Crippen LogP contribution in [-0.4, -0.2) is 36.7 Å². The van der Waals surface area contributed by atoms with Crippen molar-refractivity contribution in [3.63, 3.8) is 0 Å². The van der Waals surface area contributed by atoms with E-state index in [1.807, 2.05) is 0 Å². The maximum Gasteiger partial charge on any atom is 0.286 e. The Balaban J connectivity index is 2.59. The summed E-state index contributed by atoms with van der Waals surface area (Å²) >= 11 is 0. The van der Waals surface area contributed by atoms with Gasteiger partial charge in [-0.1, -0.05) is 31.5 Å². The van der Waals surface area contributed by atoms with Crippen LogP contribution in [0.25, 0.3) is 0 Å². The molecule has 1 aliphatic rings. The number of hydrogen-bond donors (Lipinski definition) is 2. The maximum absolute atomic E-state index is 11.6. The molecule has 2 N–H and O–H groups in total. The first kappa shape index (κ1) is 16.2. The molecule has 1 aromatic carbocycles.